The van der Waals surface area contributed by atoms with Crippen LogP contribution in [-0.2, 0) is 9.59 Å². The molecule has 1 saturated heterocycles. The molecule has 0 unspecified atom stereocenters. The number of amides is 2. The van der Waals surface area contributed by atoms with Crippen LogP contribution in [0.3, 0.4) is 0 Å². The van der Waals surface area contributed by atoms with Crippen molar-refractivity contribution in [2.45, 2.75) is 76.7 Å². The Hall–Kier alpha value is -1.06. The van der Waals surface area contributed by atoms with Crippen LogP contribution < -0.4 is 5.32 Å². The van der Waals surface area contributed by atoms with Crippen LogP contribution in [0, 0.1) is 11.8 Å². The van der Waals surface area contributed by atoms with E-state index in [9.17, 15) is 9.59 Å². The molecular formula is C18H30N2O2. The number of hydrogen-bond acceptors (Lipinski definition) is 2. The third-order valence-electron chi connectivity index (χ3n) is 5.83. The molecule has 0 spiro atoms. The zero-order chi connectivity index (χ0) is 15.4. The average Bonchev–Trinajstić information content (AvgIpc) is 2.74. The van der Waals surface area contributed by atoms with E-state index in [1.165, 1.54) is 32.1 Å². The lowest BCUT2D eigenvalue weighted by Crippen LogP contribution is -2.47. The van der Waals surface area contributed by atoms with Gasteiger partial charge in [0.1, 0.15) is 0 Å². The Labute approximate surface area is 134 Å². The summed E-state index contributed by atoms with van der Waals surface area (Å²) in [5, 5.41) is 3.28. The van der Waals surface area contributed by atoms with E-state index in [2.05, 4.69) is 5.32 Å². The van der Waals surface area contributed by atoms with E-state index in [0.29, 0.717) is 11.9 Å². The molecule has 4 nitrogen and oxygen atoms in total. The van der Waals surface area contributed by atoms with Crippen molar-refractivity contribution in [3.05, 3.63) is 0 Å². The van der Waals surface area contributed by atoms with Crippen molar-refractivity contribution in [1.29, 1.82) is 0 Å². The number of rotatable bonds is 3. The van der Waals surface area contributed by atoms with Gasteiger partial charge in [-0.15, -0.1) is 0 Å². The van der Waals surface area contributed by atoms with Gasteiger partial charge in [-0.25, -0.2) is 0 Å². The minimum atomic E-state index is 0.119. The molecule has 2 aliphatic carbocycles. The smallest absolute Gasteiger partial charge is 0.225 e. The van der Waals surface area contributed by atoms with E-state index in [1.807, 2.05) is 4.90 Å². The largest absolute Gasteiger partial charge is 0.353 e. The molecule has 124 valence electrons. The number of hydrogen-bond donors (Lipinski definition) is 1. The Morgan fingerprint density at radius 3 is 1.91 bits per heavy atom. The van der Waals surface area contributed by atoms with Crippen LogP contribution in [0.5, 0.6) is 0 Å². The number of carbonyl (C=O) groups excluding carboxylic acids is 2. The third-order valence-corrected chi connectivity index (χ3v) is 5.83. The molecule has 0 radical (unpaired) electrons. The van der Waals surface area contributed by atoms with Crippen molar-refractivity contribution in [2.75, 3.05) is 13.1 Å². The van der Waals surface area contributed by atoms with Crippen molar-refractivity contribution in [3.8, 4) is 0 Å². The molecule has 2 saturated carbocycles. The summed E-state index contributed by atoms with van der Waals surface area (Å²) in [6.07, 6.45) is 12.4. The van der Waals surface area contributed by atoms with Gasteiger partial charge >= 0.3 is 0 Å². The van der Waals surface area contributed by atoms with Gasteiger partial charge in [0.25, 0.3) is 0 Å². The van der Waals surface area contributed by atoms with E-state index < -0.39 is 0 Å². The molecule has 1 N–H and O–H groups in total. The fraction of sp³-hybridized carbons (Fsp3) is 0.889. The molecule has 0 atom stereocenters. The summed E-state index contributed by atoms with van der Waals surface area (Å²) >= 11 is 0. The molecular weight excluding hydrogens is 276 g/mol. The molecule has 4 heteroatoms. The minimum Gasteiger partial charge on any atom is -0.353 e. The Bertz CT molecular complexity index is 390. The number of nitrogens with zero attached hydrogens (tertiary/aromatic N) is 1. The Kier molecular flexibility index (Phi) is 5.37. The van der Waals surface area contributed by atoms with Crippen molar-refractivity contribution in [1.82, 2.24) is 10.2 Å². The lowest BCUT2D eigenvalue weighted by Gasteiger charge is -2.36. The fourth-order valence-corrected chi connectivity index (χ4v) is 4.02. The first kappa shape index (κ1) is 15.8. The summed E-state index contributed by atoms with van der Waals surface area (Å²) in [5.41, 5.74) is 0. The first-order valence-corrected chi connectivity index (χ1v) is 9.33. The predicted molar refractivity (Wildman–Crippen MR) is 86.3 cm³/mol. The number of carbonyl (C=O) groups is 2. The van der Waals surface area contributed by atoms with Crippen molar-refractivity contribution < 1.29 is 9.59 Å². The lowest BCUT2D eigenvalue weighted by molar-refractivity contribution is -0.141. The summed E-state index contributed by atoms with van der Waals surface area (Å²) in [7, 11) is 0. The number of likely N-dealkylation sites (tertiary alicyclic amines) is 1. The maximum atomic E-state index is 12.4. The summed E-state index contributed by atoms with van der Waals surface area (Å²) < 4.78 is 0. The number of piperidine rings is 1. The average molecular weight is 306 g/mol. The van der Waals surface area contributed by atoms with Gasteiger partial charge in [-0.05, 0) is 38.5 Å². The highest BCUT2D eigenvalue weighted by atomic mass is 16.2. The second-order valence-electron chi connectivity index (χ2n) is 7.42. The monoisotopic (exact) mass is 306 g/mol. The maximum Gasteiger partial charge on any atom is 0.225 e. The van der Waals surface area contributed by atoms with Gasteiger partial charge in [-0.1, -0.05) is 32.1 Å². The van der Waals surface area contributed by atoms with Gasteiger partial charge in [0.05, 0.1) is 0 Å². The van der Waals surface area contributed by atoms with E-state index in [4.69, 9.17) is 0 Å². The van der Waals surface area contributed by atoms with Gasteiger partial charge in [0, 0.05) is 31.0 Å². The fourth-order valence-electron chi connectivity index (χ4n) is 4.02. The predicted octanol–water partition coefficient (Wildman–Crippen LogP) is 2.86. The Balaban J connectivity index is 1.42. The van der Waals surface area contributed by atoms with E-state index in [0.717, 1.165) is 51.6 Å². The van der Waals surface area contributed by atoms with E-state index in [-0.39, 0.29) is 17.7 Å². The molecule has 3 rings (SSSR count). The summed E-state index contributed by atoms with van der Waals surface area (Å²) in [6.45, 7) is 1.55. The van der Waals surface area contributed by atoms with Crippen LogP contribution >= 0.6 is 0 Å². The molecule has 2 amide bonds. The topological polar surface area (TPSA) is 49.4 Å². The maximum absolute atomic E-state index is 12.4. The van der Waals surface area contributed by atoms with E-state index >= 15 is 0 Å². The normalized spacial score (nSPS) is 25.4. The molecule has 1 aliphatic heterocycles. The van der Waals surface area contributed by atoms with Gasteiger partial charge in [0.2, 0.25) is 11.8 Å². The van der Waals surface area contributed by atoms with Crippen LogP contribution in [0.4, 0.5) is 0 Å². The van der Waals surface area contributed by atoms with Gasteiger partial charge < -0.3 is 10.2 Å². The van der Waals surface area contributed by atoms with Gasteiger partial charge in [0.15, 0.2) is 0 Å². The second kappa shape index (κ2) is 7.47. The molecule has 0 bridgehead atoms. The minimum absolute atomic E-state index is 0.119. The Morgan fingerprint density at radius 2 is 1.36 bits per heavy atom. The molecule has 1 heterocycles. The zero-order valence-corrected chi connectivity index (χ0v) is 13.7. The van der Waals surface area contributed by atoms with Gasteiger partial charge in [-0.3, -0.25) is 9.59 Å². The highest BCUT2D eigenvalue weighted by molar-refractivity contribution is 5.81. The molecule has 0 aromatic heterocycles. The molecule has 0 aromatic rings. The van der Waals surface area contributed by atoms with Crippen molar-refractivity contribution in [3.63, 3.8) is 0 Å². The third kappa shape index (κ3) is 3.82. The second-order valence-corrected chi connectivity index (χ2v) is 7.42. The highest BCUT2D eigenvalue weighted by Crippen LogP contribution is 2.30. The van der Waals surface area contributed by atoms with Gasteiger partial charge in [-0.2, -0.15) is 0 Å². The van der Waals surface area contributed by atoms with Crippen LogP contribution in [-0.4, -0.2) is 35.8 Å². The first-order valence-electron chi connectivity index (χ1n) is 9.33. The van der Waals surface area contributed by atoms with Crippen LogP contribution in [0.2, 0.25) is 0 Å². The number of nitrogens with one attached hydrogen (secondary N) is 1. The first-order chi connectivity index (χ1) is 10.7. The van der Waals surface area contributed by atoms with Crippen molar-refractivity contribution in [2.24, 2.45) is 11.8 Å². The summed E-state index contributed by atoms with van der Waals surface area (Å²) in [4.78, 5) is 26.7. The summed E-state index contributed by atoms with van der Waals surface area (Å²) in [5.74, 6) is 0.988. The van der Waals surface area contributed by atoms with Crippen LogP contribution in [0.1, 0.15) is 70.6 Å². The molecule has 22 heavy (non-hydrogen) atoms. The van der Waals surface area contributed by atoms with Crippen LogP contribution in [0.15, 0.2) is 0 Å². The highest BCUT2D eigenvalue weighted by Gasteiger charge is 2.33. The lowest BCUT2D eigenvalue weighted by atomic mass is 9.83. The Morgan fingerprint density at radius 1 is 0.727 bits per heavy atom. The standard InChI is InChI=1S/C18H30N2O2/c21-17(19-16-8-3-1-2-4-9-16)14-10-12-20(13-11-14)18(22)15-6-5-7-15/h14-16H,1-13H2,(H,19,21). The van der Waals surface area contributed by atoms with Crippen molar-refractivity contribution >= 4 is 11.8 Å². The molecule has 3 fully saturated rings. The molecule has 0 aromatic carbocycles. The zero-order valence-electron chi connectivity index (χ0n) is 13.7. The van der Waals surface area contributed by atoms with Crippen LogP contribution in [0.25, 0.3) is 0 Å². The summed E-state index contributed by atoms with van der Waals surface area (Å²) in [6, 6.07) is 0.393. The van der Waals surface area contributed by atoms with E-state index in [1.54, 1.807) is 0 Å². The quantitative estimate of drug-likeness (QED) is 0.815. The molecule has 3 aliphatic rings. The SMILES string of the molecule is O=C(NC1CCCCCC1)C1CCN(C(=O)C2CCC2)CC1.